The molecule has 34 heavy (non-hydrogen) atoms. The number of fused-ring (bicyclic) bond motifs is 1. The number of hydrogen-bond donors (Lipinski definition) is 1. The van der Waals surface area contributed by atoms with Crippen LogP contribution in [0.15, 0.2) is 42.6 Å². The molecular formula is C24H21ClFN7O. The number of benzene rings is 2. The van der Waals surface area contributed by atoms with Crippen LogP contribution in [0.25, 0.3) is 28.0 Å². The molecule has 1 atom stereocenters. The van der Waals surface area contributed by atoms with Crippen LogP contribution in [-0.2, 0) is 7.05 Å². The minimum Gasteiger partial charge on any atom is -0.336 e. The van der Waals surface area contributed by atoms with E-state index in [9.17, 15) is 9.18 Å². The second-order valence-corrected chi connectivity index (χ2v) is 8.77. The quantitative estimate of drug-likeness (QED) is 0.484. The SMILES string of the molecule is Cn1cc2cc(-n3c(-c4ccc(C#N)c(F)c4)nc(C(=O)N4CCC[C@@H](N)C4)c3Cl)ccc2n1. The van der Waals surface area contributed by atoms with Crippen LogP contribution in [0.3, 0.4) is 0 Å². The second kappa shape index (κ2) is 8.56. The molecule has 1 aliphatic heterocycles. The van der Waals surface area contributed by atoms with Gasteiger partial charge in [-0.3, -0.25) is 14.0 Å². The van der Waals surface area contributed by atoms with Gasteiger partial charge >= 0.3 is 0 Å². The number of carbonyl (C=O) groups is 1. The first-order valence-electron chi connectivity index (χ1n) is 10.8. The molecule has 0 radical (unpaired) electrons. The van der Waals surface area contributed by atoms with E-state index < -0.39 is 5.82 Å². The summed E-state index contributed by atoms with van der Waals surface area (Å²) in [7, 11) is 1.83. The first-order chi connectivity index (χ1) is 16.4. The zero-order valence-corrected chi connectivity index (χ0v) is 19.1. The van der Waals surface area contributed by atoms with Crippen molar-refractivity contribution in [1.82, 2.24) is 24.2 Å². The fraction of sp³-hybridized carbons (Fsp3) is 0.250. The first-order valence-corrected chi connectivity index (χ1v) is 11.2. The van der Waals surface area contributed by atoms with E-state index in [0.717, 1.165) is 23.7 Å². The summed E-state index contributed by atoms with van der Waals surface area (Å²) < 4.78 is 17.8. The third kappa shape index (κ3) is 3.81. The molecule has 1 amide bonds. The van der Waals surface area contributed by atoms with Gasteiger partial charge in [-0.05, 0) is 49.2 Å². The Morgan fingerprint density at radius 1 is 1.29 bits per heavy atom. The second-order valence-electron chi connectivity index (χ2n) is 8.42. The average molecular weight is 478 g/mol. The van der Waals surface area contributed by atoms with Crippen LogP contribution in [0.4, 0.5) is 4.39 Å². The van der Waals surface area contributed by atoms with Crippen LogP contribution in [-0.4, -0.2) is 49.3 Å². The van der Waals surface area contributed by atoms with Crippen molar-refractivity contribution >= 4 is 28.4 Å². The summed E-state index contributed by atoms with van der Waals surface area (Å²) >= 11 is 6.77. The van der Waals surface area contributed by atoms with Crippen molar-refractivity contribution in [2.24, 2.45) is 12.8 Å². The summed E-state index contributed by atoms with van der Waals surface area (Å²) in [4.78, 5) is 19.6. The highest BCUT2D eigenvalue weighted by atomic mass is 35.5. The Bertz CT molecular complexity index is 1470. The fourth-order valence-corrected chi connectivity index (χ4v) is 4.63. The number of aromatic nitrogens is 4. The number of rotatable bonds is 3. The maximum absolute atomic E-state index is 14.5. The van der Waals surface area contributed by atoms with Gasteiger partial charge in [0, 0.05) is 49.0 Å². The summed E-state index contributed by atoms with van der Waals surface area (Å²) in [6.45, 7) is 0.989. The number of imidazole rings is 1. The van der Waals surface area contributed by atoms with Crippen LogP contribution >= 0.6 is 11.6 Å². The lowest BCUT2D eigenvalue weighted by Crippen LogP contribution is -2.45. The van der Waals surface area contributed by atoms with Gasteiger partial charge in [0.1, 0.15) is 22.9 Å². The molecule has 3 heterocycles. The number of hydrogen-bond acceptors (Lipinski definition) is 5. The molecule has 0 bridgehead atoms. The fourth-order valence-electron chi connectivity index (χ4n) is 4.33. The highest BCUT2D eigenvalue weighted by Crippen LogP contribution is 2.33. The number of likely N-dealkylation sites (tertiary alicyclic amines) is 1. The van der Waals surface area contributed by atoms with Gasteiger partial charge in [-0.15, -0.1) is 0 Å². The van der Waals surface area contributed by atoms with Crippen molar-refractivity contribution < 1.29 is 9.18 Å². The maximum atomic E-state index is 14.5. The molecule has 172 valence electrons. The number of nitrogens with two attached hydrogens (primary N) is 1. The van der Waals surface area contributed by atoms with Crippen molar-refractivity contribution in [3.05, 3.63) is 64.8 Å². The van der Waals surface area contributed by atoms with E-state index in [0.29, 0.717) is 30.2 Å². The van der Waals surface area contributed by atoms with Gasteiger partial charge in [0.25, 0.3) is 5.91 Å². The van der Waals surface area contributed by atoms with Gasteiger partial charge in [0.2, 0.25) is 0 Å². The number of aryl methyl sites for hydroxylation is 1. The number of piperidine rings is 1. The Morgan fingerprint density at radius 3 is 2.85 bits per heavy atom. The van der Waals surface area contributed by atoms with E-state index in [1.807, 2.05) is 37.5 Å². The summed E-state index contributed by atoms with van der Waals surface area (Å²) in [5, 5.41) is 14.5. The van der Waals surface area contributed by atoms with E-state index in [1.165, 1.54) is 12.1 Å². The van der Waals surface area contributed by atoms with Crippen molar-refractivity contribution in [1.29, 1.82) is 5.26 Å². The summed E-state index contributed by atoms with van der Waals surface area (Å²) in [6.07, 6.45) is 3.52. The van der Waals surface area contributed by atoms with E-state index in [-0.39, 0.29) is 28.4 Å². The lowest BCUT2D eigenvalue weighted by atomic mass is 10.1. The number of carbonyl (C=O) groups excluding carboxylic acids is 1. The molecule has 0 unspecified atom stereocenters. The maximum Gasteiger partial charge on any atom is 0.275 e. The Balaban J connectivity index is 1.68. The lowest BCUT2D eigenvalue weighted by Gasteiger charge is -2.30. The minimum atomic E-state index is -0.678. The van der Waals surface area contributed by atoms with E-state index >= 15 is 0 Å². The molecule has 0 spiro atoms. The van der Waals surface area contributed by atoms with E-state index in [4.69, 9.17) is 22.6 Å². The molecule has 8 nitrogen and oxygen atoms in total. The van der Waals surface area contributed by atoms with E-state index in [1.54, 1.807) is 20.2 Å². The zero-order chi connectivity index (χ0) is 24.0. The Hall–Kier alpha value is -3.74. The van der Waals surface area contributed by atoms with Crippen LogP contribution < -0.4 is 5.73 Å². The standard InChI is InChI=1S/C24H21ClFN7O/c1-31-12-16-9-18(6-7-20(16)30-31)33-22(25)21(24(34)32-8-2-3-17(28)13-32)29-23(33)14-4-5-15(11-27)19(26)10-14/h4-7,9-10,12,17H,2-3,8,13,28H2,1H3/t17-/m1/s1. The average Bonchev–Trinajstić information content (AvgIpc) is 3.36. The lowest BCUT2D eigenvalue weighted by molar-refractivity contribution is 0.0703. The molecule has 2 N–H and O–H groups in total. The molecule has 4 aromatic rings. The molecule has 5 rings (SSSR count). The van der Waals surface area contributed by atoms with E-state index in [2.05, 4.69) is 10.1 Å². The van der Waals surface area contributed by atoms with Gasteiger partial charge in [-0.25, -0.2) is 9.37 Å². The molecule has 1 aliphatic rings. The van der Waals surface area contributed by atoms with Crippen molar-refractivity contribution in [2.45, 2.75) is 18.9 Å². The highest BCUT2D eigenvalue weighted by Gasteiger charge is 2.29. The summed E-state index contributed by atoms with van der Waals surface area (Å²) in [5.41, 5.74) is 7.89. The third-order valence-corrected chi connectivity index (χ3v) is 6.33. The van der Waals surface area contributed by atoms with Crippen LogP contribution in [0, 0.1) is 17.1 Å². The topological polar surface area (TPSA) is 106 Å². The number of amides is 1. The van der Waals surface area contributed by atoms with Crippen LogP contribution in [0.1, 0.15) is 28.9 Å². The normalized spacial score (nSPS) is 16.1. The van der Waals surface area contributed by atoms with Gasteiger partial charge < -0.3 is 10.6 Å². The van der Waals surface area contributed by atoms with Gasteiger partial charge in [-0.1, -0.05) is 11.6 Å². The molecular weight excluding hydrogens is 457 g/mol. The summed E-state index contributed by atoms with van der Waals surface area (Å²) in [6, 6.07) is 11.4. The molecule has 1 fully saturated rings. The Morgan fingerprint density at radius 2 is 2.12 bits per heavy atom. The van der Waals surface area contributed by atoms with Gasteiger partial charge in [0.05, 0.1) is 11.1 Å². The zero-order valence-electron chi connectivity index (χ0n) is 18.4. The largest absolute Gasteiger partial charge is 0.336 e. The molecule has 0 saturated carbocycles. The molecule has 1 saturated heterocycles. The smallest absolute Gasteiger partial charge is 0.275 e. The molecule has 10 heteroatoms. The summed E-state index contributed by atoms with van der Waals surface area (Å²) in [5.74, 6) is -0.707. The molecule has 0 aliphatic carbocycles. The Kier molecular flexibility index (Phi) is 5.55. The Labute approximate surface area is 200 Å². The first kappa shape index (κ1) is 22.1. The monoisotopic (exact) mass is 477 g/mol. The van der Waals surface area contributed by atoms with Crippen molar-refractivity contribution in [3.8, 4) is 23.1 Å². The van der Waals surface area contributed by atoms with Gasteiger partial charge in [-0.2, -0.15) is 10.4 Å². The van der Waals surface area contributed by atoms with Crippen LogP contribution in [0.5, 0.6) is 0 Å². The molecule has 2 aromatic carbocycles. The highest BCUT2D eigenvalue weighted by molar-refractivity contribution is 6.33. The number of halogens is 2. The van der Waals surface area contributed by atoms with Crippen LogP contribution in [0.2, 0.25) is 5.15 Å². The van der Waals surface area contributed by atoms with Crippen molar-refractivity contribution in [2.75, 3.05) is 13.1 Å². The number of nitriles is 1. The predicted octanol–water partition coefficient (Wildman–Crippen LogP) is 3.65. The molecule has 2 aromatic heterocycles. The third-order valence-electron chi connectivity index (χ3n) is 5.98. The minimum absolute atomic E-state index is 0.0711. The van der Waals surface area contributed by atoms with Gasteiger partial charge in [0.15, 0.2) is 5.69 Å². The van der Waals surface area contributed by atoms with Crippen molar-refractivity contribution in [3.63, 3.8) is 0 Å². The number of nitrogens with zero attached hydrogens (tertiary/aromatic N) is 6. The predicted molar refractivity (Wildman–Crippen MR) is 126 cm³/mol.